The summed E-state index contributed by atoms with van der Waals surface area (Å²) in [5.41, 5.74) is 5.37. The summed E-state index contributed by atoms with van der Waals surface area (Å²) in [5.74, 6) is 5.33. The van der Waals surface area contributed by atoms with Crippen molar-refractivity contribution >= 4 is 22.1 Å². The fourth-order valence-electron chi connectivity index (χ4n) is 3.63. The van der Waals surface area contributed by atoms with Crippen LogP contribution in [-0.4, -0.2) is 90.1 Å². The molecule has 0 spiro atoms. The Labute approximate surface area is 177 Å². The van der Waals surface area contributed by atoms with Crippen molar-refractivity contribution in [1.29, 1.82) is 0 Å². The standard InChI is InChI=1S/C15H27N7O8S/c1-21(4-2-3-5-28-17)6-8-11(30-31(25,26)27)10(23)14(29-8)22-13-9(20-15(22)24)12(16)18-7-19-13/h8,10-11,14,19,23H,2-7,17H2,1H3,(H2,16,18)(H,20,24)(H,25,26,27)/t8-,10-,11-,14-/m1/s1. The van der Waals surface area contributed by atoms with E-state index in [2.05, 4.69) is 20.1 Å². The van der Waals surface area contributed by atoms with E-state index >= 15 is 0 Å². The first-order valence-corrected chi connectivity index (χ1v) is 10.9. The number of amidine groups is 1. The second-order valence-corrected chi connectivity index (χ2v) is 8.33. The number of imidazole rings is 1. The quantitative estimate of drug-likeness (QED) is 0.118. The summed E-state index contributed by atoms with van der Waals surface area (Å²) < 4.78 is 43.5. The van der Waals surface area contributed by atoms with E-state index in [1.165, 1.54) is 0 Å². The van der Waals surface area contributed by atoms with Crippen molar-refractivity contribution in [2.24, 2.45) is 16.6 Å². The SMILES string of the molecule is CN(CCCCON)C[C@H]1O[C@@H](n2c3c([nH]c2=O)C(N)=NCN3)[C@H](O)[C@@H]1OS(=O)(=O)O. The second kappa shape index (κ2) is 9.61. The Kier molecular flexibility index (Phi) is 7.32. The number of aliphatic hydroxyl groups excluding tert-OH is 1. The lowest BCUT2D eigenvalue weighted by Crippen LogP contribution is -2.42. The molecule has 1 aromatic heterocycles. The number of rotatable bonds is 10. The predicted octanol–water partition coefficient (Wildman–Crippen LogP) is -2.69. The summed E-state index contributed by atoms with van der Waals surface area (Å²) in [7, 11) is -3.14. The summed E-state index contributed by atoms with van der Waals surface area (Å²) in [6.07, 6.45) is -3.88. The molecule has 31 heavy (non-hydrogen) atoms. The Morgan fingerprint density at radius 2 is 2.16 bits per heavy atom. The van der Waals surface area contributed by atoms with Gasteiger partial charge in [-0.2, -0.15) is 8.42 Å². The molecule has 15 nitrogen and oxygen atoms in total. The number of nitrogens with two attached hydrogens (primary N) is 2. The van der Waals surface area contributed by atoms with E-state index in [-0.39, 0.29) is 30.6 Å². The number of fused-ring (bicyclic) bond motifs is 1. The molecule has 0 aliphatic carbocycles. The van der Waals surface area contributed by atoms with Gasteiger partial charge in [-0.25, -0.2) is 24.4 Å². The highest BCUT2D eigenvalue weighted by molar-refractivity contribution is 7.80. The van der Waals surface area contributed by atoms with Crippen molar-refractivity contribution in [2.45, 2.75) is 37.4 Å². The van der Waals surface area contributed by atoms with Crippen molar-refractivity contribution < 1.29 is 31.8 Å². The fraction of sp³-hybridized carbons (Fsp3) is 0.733. The van der Waals surface area contributed by atoms with Gasteiger partial charge in [-0.3, -0.25) is 4.55 Å². The molecule has 1 saturated heterocycles. The minimum atomic E-state index is -4.90. The molecule has 1 fully saturated rings. The Morgan fingerprint density at radius 3 is 2.84 bits per heavy atom. The van der Waals surface area contributed by atoms with Gasteiger partial charge in [-0.1, -0.05) is 0 Å². The van der Waals surface area contributed by atoms with Crippen molar-refractivity contribution in [3.63, 3.8) is 0 Å². The van der Waals surface area contributed by atoms with Crippen molar-refractivity contribution in [3.8, 4) is 0 Å². The smallest absolute Gasteiger partial charge is 0.385 e. The van der Waals surface area contributed by atoms with E-state index in [9.17, 15) is 22.9 Å². The number of ether oxygens (including phenoxy) is 1. The van der Waals surface area contributed by atoms with Crippen LogP contribution in [0, 0.1) is 0 Å². The van der Waals surface area contributed by atoms with E-state index in [4.69, 9.17) is 20.6 Å². The largest absolute Gasteiger partial charge is 0.397 e. The fourth-order valence-corrected chi connectivity index (χ4v) is 4.15. The molecule has 2 aliphatic rings. The molecule has 0 bridgehead atoms. The Balaban J connectivity index is 1.82. The number of aliphatic hydroxyl groups is 1. The van der Waals surface area contributed by atoms with Gasteiger partial charge in [0.25, 0.3) is 0 Å². The van der Waals surface area contributed by atoms with Crippen molar-refractivity contribution in [2.75, 3.05) is 38.7 Å². The topological polar surface area (TPSA) is 220 Å². The summed E-state index contributed by atoms with van der Waals surface area (Å²) in [5, 5.41) is 13.6. The first-order valence-electron chi connectivity index (χ1n) is 9.50. The maximum atomic E-state index is 12.5. The zero-order chi connectivity index (χ0) is 22.8. The van der Waals surface area contributed by atoms with Gasteiger partial charge in [-0.15, -0.1) is 0 Å². The molecule has 8 N–H and O–H groups in total. The first kappa shape index (κ1) is 23.6. The minimum Gasteiger partial charge on any atom is -0.385 e. The van der Waals surface area contributed by atoms with Gasteiger partial charge < -0.3 is 35.6 Å². The number of hydrogen-bond donors (Lipinski definition) is 6. The average molecular weight is 465 g/mol. The Bertz CT molecular complexity index is 961. The Hall–Kier alpha value is -2.05. The molecule has 3 rings (SSSR count). The zero-order valence-electron chi connectivity index (χ0n) is 16.8. The van der Waals surface area contributed by atoms with Crippen molar-refractivity contribution in [3.05, 3.63) is 16.2 Å². The van der Waals surface area contributed by atoms with Gasteiger partial charge >= 0.3 is 16.1 Å². The van der Waals surface area contributed by atoms with Crippen LogP contribution in [0.1, 0.15) is 24.8 Å². The molecular formula is C15H27N7O8S. The van der Waals surface area contributed by atoms with Crippen LogP contribution in [0.2, 0.25) is 0 Å². The average Bonchev–Trinajstić information content (AvgIpc) is 3.16. The van der Waals surface area contributed by atoms with Crippen LogP contribution in [0.25, 0.3) is 0 Å². The third-order valence-electron chi connectivity index (χ3n) is 5.02. The zero-order valence-corrected chi connectivity index (χ0v) is 17.6. The Morgan fingerprint density at radius 1 is 1.42 bits per heavy atom. The van der Waals surface area contributed by atoms with Crippen molar-refractivity contribution in [1.82, 2.24) is 14.5 Å². The van der Waals surface area contributed by atoms with Crippen LogP contribution in [-0.2, 0) is 24.2 Å². The second-order valence-electron chi connectivity index (χ2n) is 7.29. The molecule has 4 atom stereocenters. The summed E-state index contributed by atoms with van der Waals surface area (Å²) in [6, 6.07) is 0. The molecular weight excluding hydrogens is 438 g/mol. The lowest BCUT2D eigenvalue weighted by Gasteiger charge is -2.24. The van der Waals surface area contributed by atoms with Gasteiger partial charge in [0.1, 0.15) is 42.3 Å². The van der Waals surface area contributed by atoms with Gasteiger partial charge in [0.05, 0.1) is 6.61 Å². The molecule has 16 heteroatoms. The van der Waals surface area contributed by atoms with Gasteiger partial charge in [0, 0.05) is 6.54 Å². The van der Waals surface area contributed by atoms with Crippen LogP contribution in [0.15, 0.2) is 9.79 Å². The van der Waals surface area contributed by atoms with Crippen LogP contribution in [0.4, 0.5) is 5.82 Å². The van der Waals surface area contributed by atoms with E-state index < -0.39 is 40.6 Å². The molecule has 0 saturated carbocycles. The molecule has 0 unspecified atom stereocenters. The molecule has 1 aromatic rings. The highest BCUT2D eigenvalue weighted by Gasteiger charge is 2.49. The van der Waals surface area contributed by atoms with E-state index in [0.29, 0.717) is 19.6 Å². The number of likely N-dealkylation sites (N-methyl/N-ethyl adjacent to an activating group) is 1. The maximum absolute atomic E-state index is 12.5. The molecule has 0 amide bonds. The number of H-pyrrole nitrogens is 1. The monoisotopic (exact) mass is 465 g/mol. The van der Waals surface area contributed by atoms with E-state index in [1.807, 2.05) is 4.90 Å². The number of aromatic nitrogens is 2. The van der Waals surface area contributed by atoms with E-state index in [1.54, 1.807) is 7.05 Å². The van der Waals surface area contributed by atoms with Gasteiger partial charge in [0.15, 0.2) is 6.23 Å². The van der Waals surface area contributed by atoms with Gasteiger partial charge in [-0.05, 0) is 26.4 Å². The molecule has 0 radical (unpaired) electrons. The predicted molar refractivity (Wildman–Crippen MR) is 107 cm³/mol. The lowest BCUT2D eigenvalue weighted by molar-refractivity contribution is -0.0446. The maximum Gasteiger partial charge on any atom is 0.397 e. The highest BCUT2D eigenvalue weighted by Crippen LogP contribution is 2.34. The third-order valence-corrected chi connectivity index (χ3v) is 5.49. The van der Waals surface area contributed by atoms with Crippen LogP contribution >= 0.6 is 0 Å². The lowest BCUT2D eigenvalue weighted by atomic mass is 10.1. The molecule has 0 aromatic carbocycles. The number of nitrogens with zero attached hydrogens (tertiary/aromatic N) is 3. The number of unbranched alkanes of at least 4 members (excludes halogenated alkanes) is 1. The highest BCUT2D eigenvalue weighted by atomic mass is 32.3. The molecule has 176 valence electrons. The number of hydrogen-bond acceptors (Lipinski definition) is 12. The summed E-state index contributed by atoms with van der Waals surface area (Å²) in [6.45, 7) is 1.23. The number of aromatic amines is 1. The van der Waals surface area contributed by atoms with Crippen LogP contribution in [0.3, 0.4) is 0 Å². The minimum absolute atomic E-state index is 0.0977. The first-order chi connectivity index (χ1) is 14.6. The van der Waals surface area contributed by atoms with Crippen LogP contribution in [0.5, 0.6) is 0 Å². The summed E-state index contributed by atoms with van der Waals surface area (Å²) in [4.78, 5) is 25.4. The molecule has 3 heterocycles. The normalized spacial score (nSPS) is 26.0. The van der Waals surface area contributed by atoms with Gasteiger partial charge in [0.2, 0.25) is 0 Å². The van der Waals surface area contributed by atoms with Crippen LogP contribution < -0.4 is 22.6 Å². The number of anilines is 1. The third kappa shape index (κ3) is 5.42. The number of aliphatic imine (C=N–C) groups is 1. The molecule has 2 aliphatic heterocycles. The number of nitrogens with one attached hydrogen (secondary N) is 2. The van der Waals surface area contributed by atoms with E-state index in [0.717, 1.165) is 11.0 Å². The summed E-state index contributed by atoms with van der Waals surface area (Å²) >= 11 is 0.